The number of hydrogen-bond donors (Lipinski definition) is 3. The van der Waals surface area contributed by atoms with Gasteiger partial charge in [-0.2, -0.15) is 0 Å². The highest BCUT2D eigenvalue weighted by Gasteiger charge is 2.29. The van der Waals surface area contributed by atoms with E-state index in [9.17, 15) is 9.59 Å². The zero-order chi connectivity index (χ0) is 26.5. The molecule has 0 saturated heterocycles. The fraction of sp³-hybridized carbons (Fsp3) is 0.214. The number of ether oxygens (including phenoxy) is 3. The summed E-state index contributed by atoms with van der Waals surface area (Å²) < 4.78 is 18.5. The molecule has 194 valence electrons. The molecule has 9 heteroatoms. The van der Waals surface area contributed by atoms with Crippen molar-refractivity contribution < 1.29 is 34.0 Å². The highest BCUT2D eigenvalue weighted by molar-refractivity contribution is 9.10. The first-order chi connectivity index (χ1) is 17.9. The van der Waals surface area contributed by atoms with Gasteiger partial charge in [0.2, 0.25) is 0 Å². The number of carbonyl (C=O) groups excluding carboxylic acids is 1. The number of carboxylic acid groups (broad SMARTS) is 1. The number of halogens is 1. The van der Waals surface area contributed by atoms with Crippen molar-refractivity contribution in [1.82, 2.24) is 0 Å². The maximum atomic E-state index is 12.9. The Kier molecular flexibility index (Phi) is 11.0. The standard InChI is InChI=1S/C28H28BrNO7/c29-21-12-14-22(15-13-21)30-28(34)37-27(20-10-16-23(17-11-20)35-19-18-31)25(8-4-5-9-26(32)33)36-24-6-2-1-3-7-24/h1-3,5-7,9-17,25,27,31H,4,8,18-19H2,(H,30,34)(H,32,33)/b9-5+/t25-,27-/m1/s1. The lowest BCUT2D eigenvalue weighted by molar-refractivity contribution is -0.131. The van der Waals surface area contributed by atoms with Gasteiger partial charge in [0.1, 0.15) is 24.2 Å². The second-order valence-electron chi connectivity index (χ2n) is 7.89. The molecular formula is C28H28BrNO7. The summed E-state index contributed by atoms with van der Waals surface area (Å²) in [7, 11) is 0. The second-order valence-corrected chi connectivity index (χ2v) is 8.80. The van der Waals surface area contributed by atoms with Gasteiger partial charge in [-0.3, -0.25) is 5.32 Å². The van der Waals surface area contributed by atoms with Gasteiger partial charge in [-0.25, -0.2) is 9.59 Å². The molecule has 3 aromatic rings. The molecule has 8 nitrogen and oxygen atoms in total. The van der Waals surface area contributed by atoms with Crippen molar-refractivity contribution in [2.24, 2.45) is 0 Å². The summed E-state index contributed by atoms with van der Waals surface area (Å²) >= 11 is 3.37. The maximum Gasteiger partial charge on any atom is 0.412 e. The zero-order valence-corrected chi connectivity index (χ0v) is 21.5. The predicted octanol–water partition coefficient (Wildman–Crippen LogP) is 5.98. The van der Waals surface area contributed by atoms with Crippen LogP contribution < -0.4 is 14.8 Å². The molecule has 0 bridgehead atoms. The minimum Gasteiger partial charge on any atom is -0.491 e. The average molecular weight is 570 g/mol. The molecule has 3 N–H and O–H groups in total. The lowest BCUT2D eigenvalue weighted by atomic mass is 10.00. The molecule has 37 heavy (non-hydrogen) atoms. The Labute approximate surface area is 223 Å². The lowest BCUT2D eigenvalue weighted by Gasteiger charge is -2.28. The number of rotatable bonds is 13. The number of para-hydroxylation sites is 1. The molecule has 0 heterocycles. The lowest BCUT2D eigenvalue weighted by Crippen LogP contribution is -2.31. The Hall–Kier alpha value is -3.82. The number of nitrogens with one attached hydrogen (secondary N) is 1. The molecule has 0 aliphatic rings. The van der Waals surface area contributed by atoms with Gasteiger partial charge in [0.15, 0.2) is 6.10 Å². The van der Waals surface area contributed by atoms with E-state index < -0.39 is 24.3 Å². The molecule has 1 amide bonds. The van der Waals surface area contributed by atoms with E-state index in [0.29, 0.717) is 35.6 Å². The number of hydrogen-bond acceptors (Lipinski definition) is 6. The van der Waals surface area contributed by atoms with E-state index in [1.54, 1.807) is 60.7 Å². The minimum absolute atomic E-state index is 0.111. The van der Waals surface area contributed by atoms with Crippen LogP contribution >= 0.6 is 15.9 Å². The summed E-state index contributed by atoms with van der Waals surface area (Å²) in [6.07, 6.45) is 1.22. The fourth-order valence-electron chi connectivity index (χ4n) is 3.46. The average Bonchev–Trinajstić information content (AvgIpc) is 2.90. The molecule has 0 unspecified atom stereocenters. The van der Waals surface area contributed by atoms with E-state index in [1.807, 2.05) is 18.2 Å². The van der Waals surface area contributed by atoms with Crippen LogP contribution in [0.5, 0.6) is 11.5 Å². The van der Waals surface area contributed by atoms with Gasteiger partial charge in [0.25, 0.3) is 0 Å². The van der Waals surface area contributed by atoms with Gasteiger partial charge >= 0.3 is 12.1 Å². The van der Waals surface area contributed by atoms with E-state index in [4.69, 9.17) is 24.4 Å². The molecule has 0 radical (unpaired) electrons. The van der Waals surface area contributed by atoms with Crippen LogP contribution in [0.25, 0.3) is 0 Å². The van der Waals surface area contributed by atoms with Crippen LogP contribution in [0.3, 0.4) is 0 Å². The number of anilines is 1. The Morgan fingerprint density at radius 3 is 2.30 bits per heavy atom. The van der Waals surface area contributed by atoms with Crippen LogP contribution in [0, 0.1) is 0 Å². The molecule has 3 rings (SSSR count). The molecule has 0 aliphatic carbocycles. The Balaban J connectivity index is 1.87. The zero-order valence-electron chi connectivity index (χ0n) is 20.0. The van der Waals surface area contributed by atoms with Crippen LogP contribution in [0.4, 0.5) is 10.5 Å². The van der Waals surface area contributed by atoms with E-state index in [2.05, 4.69) is 21.2 Å². The number of carboxylic acids is 1. The van der Waals surface area contributed by atoms with Gasteiger partial charge in [-0.15, -0.1) is 0 Å². The number of aliphatic hydroxyl groups excluding tert-OH is 1. The smallest absolute Gasteiger partial charge is 0.412 e. The third-order valence-electron chi connectivity index (χ3n) is 5.14. The topological polar surface area (TPSA) is 114 Å². The monoisotopic (exact) mass is 569 g/mol. The maximum absolute atomic E-state index is 12.9. The van der Waals surface area contributed by atoms with Crippen LogP contribution in [0.2, 0.25) is 0 Å². The minimum atomic E-state index is -1.04. The van der Waals surface area contributed by atoms with Crippen LogP contribution in [0.1, 0.15) is 24.5 Å². The number of benzene rings is 3. The molecule has 2 atom stereocenters. The fourth-order valence-corrected chi connectivity index (χ4v) is 3.73. The Morgan fingerprint density at radius 1 is 0.946 bits per heavy atom. The quantitative estimate of drug-likeness (QED) is 0.217. The molecule has 0 aliphatic heterocycles. The Bertz CT molecular complexity index is 1150. The molecular weight excluding hydrogens is 542 g/mol. The summed E-state index contributed by atoms with van der Waals surface area (Å²) in [5.74, 6) is 0.0981. The SMILES string of the molecule is O=C(O)/C=C/CC[C@@H](Oc1ccccc1)[C@H](OC(=O)Nc1ccc(Br)cc1)c1ccc(OCCO)cc1. The van der Waals surface area contributed by atoms with Crippen molar-refractivity contribution >= 4 is 33.7 Å². The second kappa shape index (κ2) is 14.7. The molecule has 0 spiro atoms. The third-order valence-corrected chi connectivity index (χ3v) is 5.67. The number of aliphatic hydroxyl groups is 1. The summed E-state index contributed by atoms with van der Waals surface area (Å²) in [5, 5.41) is 20.7. The predicted molar refractivity (Wildman–Crippen MR) is 143 cm³/mol. The summed E-state index contributed by atoms with van der Waals surface area (Å²) in [5.41, 5.74) is 1.22. The highest BCUT2D eigenvalue weighted by atomic mass is 79.9. The number of amides is 1. The first-order valence-corrected chi connectivity index (χ1v) is 12.4. The van der Waals surface area contributed by atoms with E-state index in [0.717, 1.165) is 10.5 Å². The summed E-state index contributed by atoms with van der Waals surface area (Å²) in [6.45, 7) is 0.0467. The number of allylic oxidation sites excluding steroid dienone is 1. The molecule has 3 aromatic carbocycles. The van der Waals surface area contributed by atoms with Crippen molar-refractivity contribution in [2.75, 3.05) is 18.5 Å². The Morgan fingerprint density at radius 2 is 1.65 bits per heavy atom. The molecule has 0 fully saturated rings. The first kappa shape index (κ1) is 27.8. The van der Waals surface area contributed by atoms with Crippen molar-refractivity contribution in [2.45, 2.75) is 25.0 Å². The van der Waals surface area contributed by atoms with E-state index in [1.165, 1.54) is 6.08 Å². The van der Waals surface area contributed by atoms with Gasteiger partial charge in [0.05, 0.1) is 6.61 Å². The van der Waals surface area contributed by atoms with Crippen molar-refractivity contribution in [3.8, 4) is 11.5 Å². The highest BCUT2D eigenvalue weighted by Crippen LogP contribution is 2.30. The van der Waals surface area contributed by atoms with Crippen LogP contribution in [-0.4, -0.2) is 41.6 Å². The summed E-state index contributed by atoms with van der Waals surface area (Å²) in [4.78, 5) is 23.8. The van der Waals surface area contributed by atoms with Crippen molar-refractivity contribution in [1.29, 1.82) is 0 Å². The summed E-state index contributed by atoms with van der Waals surface area (Å²) in [6, 6.07) is 23.2. The van der Waals surface area contributed by atoms with Crippen LogP contribution in [0.15, 0.2) is 95.5 Å². The molecule has 0 saturated carbocycles. The van der Waals surface area contributed by atoms with Crippen LogP contribution in [-0.2, 0) is 9.53 Å². The largest absolute Gasteiger partial charge is 0.491 e. The van der Waals surface area contributed by atoms with Crippen molar-refractivity contribution in [3.05, 3.63) is 101 Å². The molecule has 0 aromatic heterocycles. The van der Waals surface area contributed by atoms with Crippen molar-refractivity contribution in [3.63, 3.8) is 0 Å². The van der Waals surface area contributed by atoms with E-state index >= 15 is 0 Å². The number of carbonyl (C=O) groups is 2. The van der Waals surface area contributed by atoms with Gasteiger partial charge < -0.3 is 24.4 Å². The van der Waals surface area contributed by atoms with Gasteiger partial charge in [-0.05, 0) is 66.9 Å². The first-order valence-electron chi connectivity index (χ1n) is 11.6. The number of aliphatic carboxylic acids is 1. The van der Waals surface area contributed by atoms with E-state index in [-0.39, 0.29) is 13.2 Å². The third kappa shape index (κ3) is 9.63. The normalized spacial score (nSPS) is 12.5. The van der Waals surface area contributed by atoms with Gasteiger partial charge in [-0.1, -0.05) is 52.3 Å². The van der Waals surface area contributed by atoms with Gasteiger partial charge in [0, 0.05) is 16.2 Å².